The molecule has 9 heteroatoms. The van der Waals surface area contributed by atoms with Crippen molar-refractivity contribution in [3.63, 3.8) is 0 Å². The van der Waals surface area contributed by atoms with E-state index in [-0.39, 0.29) is 37.3 Å². The number of carboxylic acid groups (broad SMARTS) is 2. The number of hydrogen-bond acceptors (Lipinski definition) is 4. The van der Waals surface area contributed by atoms with E-state index < -0.39 is 11.9 Å². The molecule has 2 N–H and O–H groups in total. The number of urea groups is 1. The largest absolute Gasteiger partial charge is 0.481 e. The number of benzene rings is 1. The van der Waals surface area contributed by atoms with Gasteiger partial charge in [0.25, 0.3) is 0 Å². The van der Waals surface area contributed by atoms with Gasteiger partial charge in [0.15, 0.2) is 0 Å². The van der Waals surface area contributed by atoms with E-state index >= 15 is 0 Å². The number of hydrogen-bond donors (Lipinski definition) is 2. The topological polar surface area (TPSA) is 101 Å². The molecule has 0 spiro atoms. The number of nitrogens with zero attached hydrogens (tertiary/aromatic N) is 3. The summed E-state index contributed by atoms with van der Waals surface area (Å²) in [5, 5.41) is 17.9. The third kappa shape index (κ3) is 6.42. The number of rotatable bonds is 8. The number of carboxylic acids is 2. The molecule has 1 saturated heterocycles. The van der Waals surface area contributed by atoms with Gasteiger partial charge in [0.2, 0.25) is 0 Å². The zero-order valence-electron chi connectivity index (χ0n) is 19.7. The Labute approximate surface area is 207 Å². The summed E-state index contributed by atoms with van der Waals surface area (Å²) in [5.74, 6) is -1.02. The van der Waals surface area contributed by atoms with Crippen LogP contribution in [0.1, 0.15) is 56.1 Å². The molecule has 2 heterocycles. The first-order valence-electron chi connectivity index (χ1n) is 12.3. The maximum atomic E-state index is 13.2. The van der Waals surface area contributed by atoms with Gasteiger partial charge in [0.05, 0.1) is 6.42 Å². The van der Waals surface area contributed by atoms with E-state index in [1.807, 2.05) is 9.80 Å². The van der Waals surface area contributed by atoms with Crippen LogP contribution >= 0.6 is 12.4 Å². The molecule has 1 saturated carbocycles. The lowest BCUT2D eigenvalue weighted by Crippen LogP contribution is -2.41. The van der Waals surface area contributed by atoms with Crippen LogP contribution in [0.2, 0.25) is 0 Å². The lowest BCUT2D eigenvalue weighted by Gasteiger charge is -2.34. The van der Waals surface area contributed by atoms with Crippen LogP contribution in [0.4, 0.5) is 10.5 Å². The lowest BCUT2D eigenvalue weighted by molar-refractivity contribution is -0.138. The van der Waals surface area contributed by atoms with Crippen molar-refractivity contribution in [2.45, 2.75) is 63.8 Å². The molecular formula is C25H36ClN3O5. The van der Waals surface area contributed by atoms with Gasteiger partial charge in [-0.05, 0) is 74.1 Å². The summed E-state index contributed by atoms with van der Waals surface area (Å²) in [6, 6.07) is 6.68. The van der Waals surface area contributed by atoms with Crippen LogP contribution in [0.15, 0.2) is 18.2 Å². The monoisotopic (exact) mass is 493 g/mol. The first-order valence-corrected chi connectivity index (χ1v) is 12.3. The SMILES string of the molecule is Cl.O=C(O)CCN1CCc2ccc(N3CCN([C@H]4CC[C@H](CCC(=O)O)CC4)C3=O)cc2CC1. The molecule has 34 heavy (non-hydrogen) atoms. The molecule has 3 aliphatic rings. The highest BCUT2D eigenvalue weighted by Gasteiger charge is 2.36. The van der Waals surface area contributed by atoms with Gasteiger partial charge in [-0.2, -0.15) is 0 Å². The highest BCUT2D eigenvalue weighted by Crippen LogP contribution is 2.33. The van der Waals surface area contributed by atoms with Gasteiger partial charge in [-0.15, -0.1) is 12.4 Å². The van der Waals surface area contributed by atoms with Gasteiger partial charge < -0.3 is 20.0 Å². The maximum absolute atomic E-state index is 13.2. The minimum atomic E-state index is -0.759. The van der Waals surface area contributed by atoms with Crippen molar-refractivity contribution in [2.75, 3.05) is 37.6 Å². The summed E-state index contributed by atoms with van der Waals surface area (Å²) in [4.78, 5) is 41.1. The van der Waals surface area contributed by atoms with Crippen molar-refractivity contribution in [1.29, 1.82) is 0 Å². The number of halogens is 1. The zero-order chi connectivity index (χ0) is 23.4. The predicted molar refractivity (Wildman–Crippen MR) is 132 cm³/mol. The fourth-order valence-electron chi connectivity index (χ4n) is 5.61. The van der Waals surface area contributed by atoms with Crippen molar-refractivity contribution >= 4 is 36.1 Å². The first-order chi connectivity index (χ1) is 15.9. The number of anilines is 1. The molecule has 2 amide bonds. The fraction of sp³-hybridized carbons (Fsp3) is 0.640. The normalized spacial score (nSPS) is 23.2. The first kappa shape index (κ1) is 26.3. The summed E-state index contributed by atoms with van der Waals surface area (Å²) in [7, 11) is 0. The van der Waals surface area contributed by atoms with E-state index in [1.165, 1.54) is 11.1 Å². The van der Waals surface area contributed by atoms with Gasteiger partial charge in [-0.25, -0.2) is 4.79 Å². The average molecular weight is 494 g/mol. The lowest BCUT2D eigenvalue weighted by atomic mass is 9.83. The summed E-state index contributed by atoms with van der Waals surface area (Å²) in [6.07, 6.45) is 6.83. The fourth-order valence-corrected chi connectivity index (χ4v) is 5.61. The van der Waals surface area contributed by atoms with Gasteiger partial charge in [0.1, 0.15) is 0 Å². The van der Waals surface area contributed by atoms with Crippen LogP contribution in [-0.4, -0.2) is 76.7 Å². The van der Waals surface area contributed by atoms with E-state index in [2.05, 4.69) is 23.1 Å². The van der Waals surface area contributed by atoms with Crippen LogP contribution in [0.25, 0.3) is 0 Å². The summed E-state index contributed by atoms with van der Waals surface area (Å²) in [6.45, 7) is 3.72. The second kappa shape index (κ2) is 11.9. The Morgan fingerprint density at radius 2 is 1.56 bits per heavy atom. The van der Waals surface area contributed by atoms with Crippen LogP contribution < -0.4 is 4.90 Å². The van der Waals surface area contributed by atoms with Crippen LogP contribution in [0.3, 0.4) is 0 Å². The molecule has 188 valence electrons. The molecular weight excluding hydrogens is 458 g/mol. The predicted octanol–water partition coefficient (Wildman–Crippen LogP) is 3.65. The second-order valence-corrected chi connectivity index (χ2v) is 9.67. The van der Waals surface area contributed by atoms with Crippen molar-refractivity contribution in [3.8, 4) is 0 Å². The number of carbonyl (C=O) groups is 3. The Hall–Kier alpha value is -2.32. The molecule has 2 fully saturated rings. The van der Waals surface area contributed by atoms with Crippen molar-refractivity contribution in [2.24, 2.45) is 5.92 Å². The Morgan fingerprint density at radius 1 is 0.882 bits per heavy atom. The molecule has 0 radical (unpaired) electrons. The zero-order valence-corrected chi connectivity index (χ0v) is 20.5. The maximum Gasteiger partial charge on any atom is 0.324 e. The molecule has 2 aliphatic heterocycles. The van der Waals surface area contributed by atoms with Crippen molar-refractivity contribution in [3.05, 3.63) is 29.3 Å². The van der Waals surface area contributed by atoms with Gasteiger partial charge in [-0.1, -0.05) is 6.07 Å². The van der Waals surface area contributed by atoms with E-state index in [0.29, 0.717) is 19.0 Å². The average Bonchev–Trinajstić information content (AvgIpc) is 3.06. The summed E-state index contributed by atoms with van der Waals surface area (Å²) in [5.41, 5.74) is 3.51. The van der Waals surface area contributed by atoms with Crippen LogP contribution in [-0.2, 0) is 22.4 Å². The standard InChI is InChI=1S/C25H35N3O5.ClH/c29-23(30)8-3-18-1-5-21(6-2-18)27-15-16-28(25(27)33)22-7-4-19-9-12-26(14-11-24(31)32)13-10-20(19)17-22;/h4,7,17-18,21H,1-3,5-6,8-16H2,(H,29,30)(H,31,32);1H/t18-,21-;. The molecule has 0 unspecified atom stereocenters. The Kier molecular flexibility index (Phi) is 9.19. The van der Waals surface area contributed by atoms with Crippen LogP contribution in [0, 0.1) is 5.92 Å². The molecule has 0 atom stereocenters. The molecule has 1 aromatic rings. The Morgan fingerprint density at radius 3 is 2.24 bits per heavy atom. The number of amides is 2. The molecule has 1 aromatic carbocycles. The number of aliphatic carboxylic acids is 2. The van der Waals surface area contributed by atoms with E-state index in [4.69, 9.17) is 10.2 Å². The molecule has 1 aliphatic carbocycles. The molecule has 0 aromatic heterocycles. The highest BCUT2D eigenvalue weighted by molar-refractivity contribution is 5.94. The second-order valence-electron chi connectivity index (χ2n) is 9.67. The minimum Gasteiger partial charge on any atom is -0.481 e. The van der Waals surface area contributed by atoms with E-state index in [1.54, 1.807) is 0 Å². The highest BCUT2D eigenvalue weighted by atomic mass is 35.5. The minimum absolute atomic E-state index is 0. The quantitative estimate of drug-likeness (QED) is 0.573. The third-order valence-electron chi connectivity index (χ3n) is 7.60. The van der Waals surface area contributed by atoms with Gasteiger partial charge in [-0.3, -0.25) is 14.5 Å². The van der Waals surface area contributed by atoms with Crippen molar-refractivity contribution < 1.29 is 24.6 Å². The Bertz CT molecular complexity index is 887. The molecule has 8 nitrogen and oxygen atoms in total. The molecule has 4 rings (SSSR count). The summed E-state index contributed by atoms with van der Waals surface area (Å²) >= 11 is 0. The summed E-state index contributed by atoms with van der Waals surface area (Å²) < 4.78 is 0. The van der Waals surface area contributed by atoms with Crippen LogP contribution in [0.5, 0.6) is 0 Å². The third-order valence-corrected chi connectivity index (χ3v) is 7.60. The Balaban J connectivity index is 0.00000324. The van der Waals surface area contributed by atoms with Gasteiger partial charge >= 0.3 is 18.0 Å². The van der Waals surface area contributed by atoms with Gasteiger partial charge in [0, 0.05) is 50.9 Å². The number of fused-ring (bicyclic) bond motifs is 1. The van der Waals surface area contributed by atoms with E-state index in [9.17, 15) is 14.4 Å². The van der Waals surface area contributed by atoms with Crippen molar-refractivity contribution in [1.82, 2.24) is 9.80 Å². The molecule has 0 bridgehead atoms. The smallest absolute Gasteiger partial charge is 0.324 e. The number of carbonyl (C=O) groups excluding carboxylic acids is 1. The van der Waals surface area contributed by atoms with E-state index in [0.717, 1.165) is 70.3 Å².